The minimum atomic E-state index is 0.723. The van der Waals surface area contributed by atoms with Crippen LogP contribution in [0.1, 0.15) is 44.6 Å². The molecule has 1 N–H and O–H groups in total. The average Bonchev–Trinajstić information content (AvgIpc) is 2.40. The van der Waals surface area contributed by atoms with E-state index >= 15 is 0 Å². The van der Waals surface area contributed by atoms with Crippen LogP contribution in [0.25, 0.3) is 6.08 Å². The quantitative estimate of drug-likeness (QED) is 0.314. The molecule has 0 saturated heterocycles. The van der Waals surface area contributed by atoms with Gasteiger partial charge < -0.3 is 5.21 Å². The summed E-state index contributed by atoms with van der Waals surface area (Å²) in [4.78, 5) is 0. The molecule has 3 heteroatoms. The van der Waals surface area contributed by atoms with Gasteiger partial charge in [0, 0.05) is 5.02 Å². The van der Waals surface area contributed by atoms with Crippen LogP contribution in [0.4, 0.5) is 0 Å². The number of benzene rings is 1. The second-order valence-corrected chi connectivity index (χ2v) is 4.72. The molecular formula is C15H20ClNO. The lowest BCUT2D eigenvalue weighted by atomic mass is 10.1. The molecule has 1 rings (SSSR count). The Morgan fingerprint density at radius 2 is 1.94 bits per heavy atom. The highest BCUT2D eigenvalue weighted by molar-refractivity contribution is 6.30. The maximum Gasteiger partial charge on any atom is 0.0795 e. The molecule has 18 heavy (non-hydrogen) atoms. The average molecular weight is 266 g/mol. The van der Waals surface area contributed by atoms with Gasteiger partial charge in [0.05, 0.1) is 5.71 Å². The van der Waals surface area contributed by atoms with Crippen molar-refractivity contribution in [2.45, 2.75) is 39.0 Å². The zero-order chi connectivity index (χ0) is 13.2. The molecule has 0 aliphatic heterocycles. The fraction of sp³-hybridized carbons (Fsp3) is 0.400. The van der Waals surface area contributed by atoms with Crippen molar-refractivity contribution < 1.29 is 5.21 Å². The van der Waals surface area contributed by atoms with Gasteiger partial charge in [0.1, 0.15) is 0 Å². The van der Waals surface area contributed by atoms with Gasteiger partial charge in [-0.15, -0.1) is 0 Å². The van der Waals surface area contributed by atoms with Crippen LogP contribution in [-0.4, -0.2) is 10.9 Å². The lowest BCUT2D eigenvalue weighted by molar-refractivity contribution is 0.318. The number of halogens is 1. The predicted molar refractivity (Wildman–Crippen MR) is 78.5 cm³/mol. The third kappa shape index (κ3) is 5.87. The summed E-state index contributed by atoms with van der Waals surface area (Å²) in [6.45, 7) is 2.18. The van der Waals surface area contributed by atoms with Crippen LogP contribution in [0.5, 0.6) is 0 Å². The molecule has 0 radical (unpaired) electrons. The largest absolute Gasteiger partial charge is 0.411 e. The Labute approximate surface area is 114 Å². The molecule has 0 aliphatic rings. The Balaban J connectivity index is 2.45. The fourth-order valence-electron chi connectivity index (χ4n) is 1.67. The first-order valence-electron chi connectivity index (χ1n) is 6.41. The van der Waals surface area contributed by atoms with Gasteiger partial charge in [-0.1, -0.05) is 61.2 Å². The molecule has 0 bridgehead atoms. The molecule has 0 saturated carbocycles. The molecule has 0 fully saturated rings. The Morgan fingerprint density at radius 3 is 2.56 bits per heavy atom. The van der Waals surface area contributed by atoms with E-state index in [1.54, 1.807) is 0 Å². The second-order valence-electron chi connectivity index (χ2n) is 4.29. The molecular weight excluding hydrogens is 246 g/mol. The van der Waals surface area contributed by atoms with E-state index in [1.807, 2.05) is 36.4 Å². The van der Waals surface area contributed by atoms with Gasteiger partial charge in [-0.2, -0.15) is 0 Å². The number of nitrogens with zero attached hydrogens (tertiary/aromatic N) is 1. The highest BCUT2D eigenvalue weighted by Crippen LogP contribution is 2.11. The van der Waals surface area contributed by atoms with Crippen molar-refractivity contribution in [3.8, 4) is 0 Å². The van der Waals surface area contributed by atoms with Crippen molar-refractivity contribution in [1.82, 2.24) is 0 Å². The molecule has 0 aliphatic carbocycles. The Bertz CT molecular complexity index is 395. The third-order valence-corrected chi connectivity index (χ3v) is 3.01. The lowest BCUT2D eigenvalue weighted by Gasteiger charge is -1.99. The normalized spacial score (nSPS) is 12.2. The first kappa shape index (κ1) is 14.8. The van der Waals surface area contributed by atoms with E-state index in [2.05, 4.69) is 12.1 Å². The predicted octanol–water partition coefficient (Wildman–Crippen LogP) is 5.15. The van der Waals surface area contributed by atoms with E-state index in [4.69, 9.17) is 16.8 Å². The summed E-state index contributed by atoms with van der Waals surface area (Å²) in [5.74, 6) is 0. The van der Waals surface area contributed by atoms with Gasteiger partial charge in [0.25, 0.3) is 0 Å². The SMILES string of the molecule is CCCCCCC(/C=C\c1ccc(Cl)cc1)=N/O. The van der Waals surface area contributed by atoms with Crippen LogP contribution in [0, 0.1) is 0 Å². The molecule has 98 valence electrons. The minimum Gasteiger partial charge on any atom is -0.411 e. The van der Waals surface area contributed by atoms with Gasteiger partial charge >= 0.3 is 0 Å². The van der Waals surface area contributed by atoms with Crippen molar-refractivity contribution in [2.24, 2.45) is 5.16 Å². The number of hydrogen-bond acceptors (Lipinski definition) is 2. The van der Waals surface area contributed by atoms with Crippen molar-refractivity contribution in [1.29, 1.82) is 0 Å². The summed E-state index contributed by atoms with van der Waals surface area (Å²) in [5.41, 5.74) is 1.77. The summed E-state index contributed by atoms with van der Waals surface area (Å²) in [6.07, 6.45) is 9.31. The maximum absolute atomic E-state index is 8.92. The van der Waals surface area contributed by atoms with Crippen LogP contribution in [0.15, 0.2) is 35.5 Å². The van der Waals surface area contributed by atoms with Gasteiger partial charge in [-0.25, -0.2) is 0 Å². The third-order valence-electron chi connectivity index (χ3n) is 2.75. The lowest BCUT2D eigenvalue weighted by Crippen LogP contribution is -1.93. The Morgan fingerprint density at radius 1 is 1.22 bits per heavy atom. The highest BCUT2D eigenvalue weighted by Gasteiger charge is 1.96. The van der Waals surface area contributed by atoms with Gasteiger partial charge in [-0.3, -0.25) is 0 Å². The molecule has 0 spiro atoms. The van der Waals surface area contributed by atoms with Gasteiger partial charge in [-0.05, 0) is 36.6 Å². The minimum absolute atomic E-state index is 0.723. The molecule has 0 aromatic heterocycles. The van der Waals surface area contributed by atoms with Gasteiger partial charge in [0.2, 0.25) is 0 Å². The topological polar surface area (TPSA) is 32.6 Å². The van der Waals surface area contributed by atoms with Crippen LogP contribution in [0.2, 0.25) is 5.02 Å². The van der Waals surface area contributed by atoms with E-state index in [1.165, 1.54) is 19.3 Å². The molecule has 0 amide bonds. The molecule has 1 aromatic rings. The molecule has 0 unspecified atom stereocenters. The highest BCUT2D eigenvalue weighted by atomic mass is 35.5. The van der Waals surface area contributed by atoms with Crippen LogP contribution in [-0.2, 0) is 0 Å². The van der Waals surface area contributed by atoms with Crippen LogP contribution >= 0.6 is 11.6 Å². The Kier molecular flexibility index (Phi) is 7.19. The fourth-order valence-corrected chi connectivity index (χ4v) is 1.79. The number of rotatable bonds is 7. The van der Waals surface area contributed by atoms with Crippen LogP contribution < -0.4 is 0 Å². The van der Waals surface area contributed by atoms with Crippen molar-refractivity contribution in [3.05, 3.63) is 40.9 Å². The van der Waals surface area contributed by atoms with Crippen LogP contribution in [0.3, 0.4) is 0 Å². The van der Waals surface area contributed by atoms with Crippen molar-refractivity contribution in [3.63, 3.8) is 0 Å². The van der Waals surface area contributed by atoms with E-state index in [9.17, 15) is 0 Å². The second kappa shape index (κ2) is 8.76. The first-order chi connectivity index (χ1) is 8.76. The molecule has 0 heterocycles. The maximum atomic E-state index is 8.92. The smallest absolute Gasteiger partial charge is 0.0795 e. The summed E-state index contributed by atoms with van der Waals surface area (Å²) in [6, 6.07) is 7.56. The molecule has 0 atom stereocenters. The zero-order valence-corrected chi connectivity index (χ0v) is 11.5. The Hall–Kier alpha value is -1.28. The number of unbranched alkanes of at least 4 members (excludes halogenated alkanes) is 3. The summed E-state index contributed by atoms with van der Waals surface area (Å²) in [5, 5.41) is 13.0. The zero-order valence-electron chi connectivity index (χ0n) is 10.8. The van der Waals surface area contributed by atoms with E-state index < -0.39 is 0 Å². The van der Waals surface area contributed by atoms with Crippen molar-refractivity contribution in [2.75, 3.05) is 0 Å². The van der Waals surface area contributed by atoms with E-state index in [0.29, 0.717) is 0 Å². The standard InChI is InChI=1S/C15H20ClNO/c1-2-3-4-5-6-15(17-18)12-9-13-7-10-14(16)11-8-13/h7-12,18H,2-6H2,1H3/b12-9-,17-15-. The summed E-state index contributed by atoms with van der Waals surface area (Å²) < 4.78 is 0. The number of allylic oxidation sites excluding steroid dienone is 1. The summed E-state index contributed by atoms with van der Waals surface area (Å²) in [7, 11) is 0. The van der Waals surface area contributed by atoms with E-state index in [0.717, 1.165) is 29.1 Å². The monoisotopic (exact) mass is 265 g/mol. The van der Waals surface area contributed by atoms with Crippen molar-refractivity contribution >= 4 is 23.4 Å². The van der Waals surface area contributed by atoms with E-state index in [-0.39, 0.29) is 0 Å². The van der Waals surface area contributed by atoms with Gasteiger partial charge in [0.15, 0.2) is 0 Å². The first-order valence-corrected chi connectivity index (χ1v) is 6.78. The molecule has 2 nitrogen and oxygen atoms in total. The number of oxime groups is 1. The number of hydrogen-bond donors (Lipinski definition) is 1. The summed E-state index contributed by atoms with van der Waals surface area (Å²) >= 11 is 5.81. The molecule has 1 aromatic carbocycles.